The summed E-state index contributed by atoms with van der Waals surface area (Å²) in [6.07, 6.45) is 1.33. The van der Waals surface area contributed by atoms with Crippen LogP contribution < -0.4 is 20.3 Å². The van der Waals surface area contributed by atoms with Crippen molar-refractivity contribution in [3.63, 3.8) is 0 Å². The highest BCUT2D eigenvalue weighted by molar-refractivity contribution is 7.80. The van der Waals surface area contributed by atoms with Crippen LogP contribution in [0, 0.1) is 6.92 Å². The van der Waals surface area contributed by atoms with Crippen molar-refractivity contribution >= 4 is 70.1 Å². The van der Waals surface area contributed by atoms with Crippen LogP contribution >= 0.6 is 23.8 Å². The van der Waals surface area contributed by atoms with Crippen molar-refractivity contribution in [3.05, 3.63) is 94.0 Å². The molecule has 3 aromatic carbocycles. The van der Waals surface area contributed by atoms with Gasteiger partial charge in [-0.1, -0.05) is 41.4 Å². The lowest BCUT2D eigenvalue weighted by atomic mass is 10.1. The average molecular weight is 550 g/mol. The number of carbonyl (C=O) groups excluding carboxylic acids is 3. The van der Waals surface area contributed by atoms with E-state index in [0.717, 1.165) is 10.5 Å². The zero-order valence-electron chi connectivity index (χ0n) is 19.9. The molecule has 0 bridgehead atoms. The van der Waals surface area contributed by atoms with E-state index in [2.05, 4.69) is 10.6 Å². The highest BCUT2D eigenvalue weighted by Gasteiger charge is 2.34. The zero-order chi connectivity index (χ0) is 27.4. The number of rotatable bonds is 7. The fourth-order valence-electron chi connectivity index (χ4n) is 3.54. The summed E-state index contributed by atoms with van der Waals surface area (Å²) in [5.41, 5.74) is 2.03. The Morgan fingerprint density at radius 3 is 2.53 bits per heavy atom. The predicted octanol–water partition coefficient (Wildman–Crippen LogP) is 4.20. The molecule has 9 nitrogen and oxygen atoms in total. The molecule has 192 valence electrons. The molecule has 1 aliphatic heterocycles. The molecule has 3 amide bonds. The number of ether oxygens (including phenoxy) is 1. The van der Waals surface area contributed by atoms with Gasteiger partial charge in [0.15, 0.2) is 11.7 Å². The first-order chi connectivity index (χ1) is 18.1. The minimum Gasteiger partial charge on any atom is -0.482 e. The Morgan fingerprint density at radius 2 is 1.84 bits per heavy atom. The van der Waals surface area contributed by atoms with E-state index in [1.807, 2.05) is 19.1 Å². The molecule has 1 fully saturated rings. The van der Waals surface area contributed by atoms with Gasteiger partial charge in [0.2, 0.25) is 0 Å². The predicted molar refractivity (Wildman–Crippen MR) is 146 cm³/mol. The van der Waals surface area contributed by atoms with Crippen molar-refractivity contribution in [3.8, 4) is 5.75 Å². The maximum atomic E-state index is 13.2. The Morgan fingerprint density at radius 1 is 1.11 bits per heavy atom. The molecular weight excluding hydrogens is 530 g/mol. The van der Waals surface area contributed by atoms with Crippen molar-refractivity contribution in [1.29, 1.82) is 0 Å². The van der Waals surface area contributed by atoms with Gasteiger partial charge in [0.1, 0.15) is 11.3 Å². The fourth-order valence-corrected chi connectivity index (χ4v) is 4.06. The van der Waals surface area contributed by atoms with E-state index >= 15 is 0 Å². The number of carboxylic acids is 1. The largest absolute Gasteiger partial charge is 0.482 e. The van der Waals surface area contributed by atoms with Crippen LogP contribution in [0.4, 0.5) is 11.4 Å². The Kier molecular flexibility index (Phi) is 7.85. The van der Waals surface area contributed by atoms with Crippen LogP contribution in [-0.2, 0) is 14.4 Å². The van der Waals surface area contributed by atoms with Gasteiger partial charge < -0.3 is 15.2 Å². The molecule has 0 radical (unpaired) electrons. The smallest absolute Gasteiger partial charge is 0.335 e. The third kappa shape index (κ3) is 6.05. The molecular formula is C27H20ClN3O6S. The number of anilines is 2. The van der Waals surface area contributed by atoms with Crippen molar-refractivity contribution < 1.29 is 29.0 Å². The molecule has 3 aromatic rings. The lowest BCUT2D eigenvalue weighted by Gasteiger charge is -2.29. The van der Waals surface area contributed by atoms with Gasteiger partial charge in [0.05, 0.1) is 16.3 Å². The summed E-state index contributed by atoms with van der Waals surface area (Å²) >= 11 is 11.5. The summed E-state index contributed by atoms with van der Waals surface area (Å²) in [7, 11) is 0. The van der Waals surface area contributed by atoms with Crippen LogP contribution in [0.3, 0.4) is 0 Å². The summed E-state index contributed by atoms with van der Waals surface area (Å²) in [4.78, 5) is 50.3. The maximum absolute atomic E-state index is 13.2. The number of halogens is 1. The molecule has 1 saturated heterocycles. The van der Waals surface area contributed by atoms with Gasteiger partial charge in [-0.05, 0) is 73.2 Å². The lowest BCUT2D eigenvalue weighted by molar-refractivity contribution is -0.122. The molecule has 1 heterocycles. The molecule has 0 atom stereocenters. The number of thiocarbonyl (C=S) groups is 1. The highest BCUT2D eigenvalue weighted by Crippen LogP contribution is 2.28. The third-order valence-corrected chi connectivity index (χ3v) is 5.99. The van der Waals surface area contributed by atoms with Crippen molar-refractivity contribution in [2.24, 2.45) is 0 Å². The van der Waals surface area contributed by atoms with Crippen LogP contribution in [-0.4, -0.2) is 40.5 Å². The minimum atomic E-state index is -1.17. The van der Waals surface area contributed by atoms with Gasteiger partial charge in [0.25, 0.3) is 17.7 Å². The molecule has 1 aliphatic rings. The van der Waals surface area contributed by atoms with Crippen LogP contribution in [0.2, 0.25) is 5.02 Å². The molecule has 38 heavy (non-hydrogen) atoms. The van der Waals surface area contributed by atoms with Gasteiger partial charge >= 0.3 is 5.97 Å². The first kappa shape index (κ1) is 26.5. The SMILES string of the molecule is Cc1ccc(NC(=O)COc2ccc(C=C3C(=O)NC(=S)N(c4cccc(C(=O)O)c4)C3=O)cc2Cl)cc1. The average Bonchev–Trinajstić information content (AvgIpc) is 2.87. The van der Waals surface area contributed by atoms with E-state index in [-0.39, 0.29) is 45.2 Å². The first-order valence-electron chi connectivity index (χ1n) is 11.2. The van der Waals surface area contributed by atoms with Gasteiger partial charge in [-0.15, -0.1) is 0 Å². The molecule has 0 unspecified atom stereocenters. The number of hydrogen-bond acceptors (Lipinski definition) is 6. The monoisotopic (exact) mass is 549 g/mol. The Hall–Kier alpha value is -4.54. The summed E-state index contributed by atoms with van der Waals surface area (Å²) in [6.45, 7) is 1.66. The van der Waals surface area contributed by atoms with E-state index < -0.39 is 17.8 Å². The van der Waals surface area contributed by atoms with Gasteiger partial charge in [-0.2, -0.15) is 0 Å². The second-order valence-electron chi connectivity index (χ2n) is 8.21. The van der Waals surface area contributed by atoms with E-state index in [4.69, 9.17) is 28.6 Å². The molecule has 11 heteroatoms. The zero-order valence-corrected chi connectivity index (χ0v) is 21.4. The van der Waals surface area contributed by atoms with Crippen LogP contribution in [0.25, 0.3) is 6.08 Å². The second kappa shape index (κ2) is 11.2. The Labute approximate surface area is 227 Å². The fraction of sp³-hybridized carbons (Fsp3) is 0.0741. The summed E-state index contributed by atoms with van der Waals surface area (Å²) in [5.74, 6) is -2.75. The number of nitrogens with zero attached hydrogens (tertiary/aromatic N) is 1. The number of carboxylic acid groups (broad SMARTS) is 1. The van der Waals surface area contributed by atoms with Gasteiger partial charge in [-0.3, -0.25) is 24.6 Å². The second-order valence-corrected chi connectivity index (χ2v) is 9.00. The topological polar surface area (TPSA) is 125 Å². The summed E-state index contributed by atoms with van der Waals surface area (Å²) in [6, 6.07) is 17.5. The third-order valence-electron chi connectivity index (χ3n) is 5.41. The maximum Gasteiger partial charge on any atom is 0.335 e. The van der Waals surface area contributed by atoms with Crippen molar-refractivity contribution in [2.45, 2.75) is 6.92 Å². The highest BCUT2D eigenvalue weighted by atomic mass is 35.5. The lowest BCUT2D eigenvalue weighted by Crippen LogP contribution is -2.54. The quantitative estimate of drug-likeness (QED) is 0.229. The van der Waals surface area contributed by atoms with E-state index in [9.17, 15) is 24.3 Å². The number of benzene rings is 3. The normalized spacial score (nSPS) is 14.3. The Balaban J connectivity index is 1.49. The number of amides is 3. The van der Waals surface area contributed by atoms with Crippen molar-refractivity contribution in [1.82, 2.24) is 5.32 Å². The molecule has 0 saturated carbocycles. The van der Waals surface area contributed by atoms with E-state index in [0.29, 0.717) is 11.3 Å². The first-order valence-corrected chi connectivity index (χ1v) is 11.9. The number of hydrogen-bond donors (Lipinski definition) is 3. The number of aryl methyl sites for hydroxylation is 1. The molecule has 3 N–H and O–H groups in total. The number of carbonyl (C=O) groups is 4. The molecule has 0 aliphatic carbocycles. The Bertz CT molecular complexity index is 1500. The van der Waals surface area contributed by atoms with Gasteiger partial charge in [0, 0.05) is 5.69 Å². The molecule has 0 aromatic heterocycles. The number of nitrogens with one attached hydrogen (secondary N) is 2. The molecule has 4 rings (SSSR count). The van der Waals surface area contributed by atoms with Crippen LogP contribution in [0.5, 0.6) is 5.75 Å². The summed E-state index contributed by atoms with van der Waals surface area (Å²) in [5, 5.41) is 14.4. The van der Waals surface area contributed by atoms with E-state index in [1.54, 1.807) is 18.2 Å². The minimum absolute atomic E-state index is 0.0459. The summed E-state index contributed by atoms with van der Waals surface area (Å²) < 4.78 is 5.52. The van der Waals surface area contributed by atoms with Crippen LogP contribution in [0.1, 0.15) is 21.5 Å². The molecule has 0 spiro atoms. The van der Waals surface area contributed by atoms with Gasteiger partial charge in [-0.25, -0.2) is 4.79 Å². The van der Waals surface area contributed by atoms with Crippen molar-refractivity contribution in [2.75, 3.05) is 16.8 Å². The van der Waals surface area contributed by atoms with E-state index in [1.165, 1.54) is 42.5 Å². The number of aromatic carboxylic acids is 1. The van der Waals surface area contributed by atoms with Crippen LogP contribution in [0.15, 0.2) is 72.3 Å². The standard InChI is InChI=1S/C27H20ClN3O6S/c1-15-5-8-18(9-6-15)29-23(32)14-37-22-10-7-16(12-21(22)28)11-20-24(33)30-27(38)31(25(20)34)19-4-2-3-17(13-19)26(35)36/h2-13H,14H2,1H3,(H,29,32)(H,35,36)(H,30,33,38).